The van der Waals surface area contributed by atoms with Crippen LogP contribution in [-0.2, 0) is 10.0 Å². The molecule has 2 aromatic rings. The average Bonchev–Trinajstić information content (AvgIpc) is 2.44. The predicted octanol–water partition coefficient (Wildman–Crippen LogP) is 3.00. The second-order valence-corrected chi connectivity index (χ2v) is 7.10. The van der Waals surface area contributed by atoms with Crippen LogP contribution in [0.2, 0.25) is 0 Å². The van der Waals surface area contributed by atoms with Crippen molar-refractivity contribution in [1.29, 1.82) is 0 Å². The standard InChI is InChI=1S/C14H17BrN2O2S/c1-11-6-7-13(12-5-4-9-16-14(11)12)20(18,19)17-10-3-2-8-15/h4-7,9,17H,2-3,8,10H2,1H3. The Hall–Kier alpha value is -0.980. The van der Waals surface area contributed by atoms with Gasteiger partial charge in [-0.1, -0.05) is 22.0 Å². The second kappa shape index (κ2) is 6.65. The van der Waals surface area contributed by atoms with Crippen molar-refractivity contribution in [2.45, 2.75) is 24.7 Å². The molecule has 6 heteroatoms. The monoisotopic (exact) mass is 356 g/mol. The fourth-order valence-electron chi connectivity index (χ4n) is 2.03. The Labute approximate surface area is 127 Å². The van der Waals surface area contributed by atoms with E-state index in [1.165, 1.54) is 0 Å². The average molecular weight is 357 g/mol. The van der Waals surface area contributed by atoms with Crippen LogP contribution in [0.25, 0.3) is 10.9 Å². The summed E-state index contributed by atoms with van der Waals surface area (Å²) in [5, 5.41) is 1.55. The Morgan fingerprint density at radius 3 is 2.80 bits per heavy atom. The molecule has 0 bridgehead atoms. The Morgan fingerprint density at radius 1 is 1.25 bits per heavy atom. The lowest BCUT2D eigenvalue weighted by Crippen LogP contribution is -2.25. The van der Waals surface area contributed by atoms with Crippen molar-refractivity contribution in [2.24, 2.45) is 0 Å². The van der Waals surface area contributed by atoms with Gasteiger partial charge in [0, 0.05) is 23.5 Å². The van der Waals surface area contributed by atoms with E-state index < -0.39 is 10.0 Å². The summed E-state index contributed by atoms with van der Waals surface area (Å²) in [6, 6.07) is 6.99. The molecule has 0 amide bonds. The van der Waals surface area contributed by atoms with Crippen molar-refractivity contribution in [2.75, 3.05) is 11.9 Å². The zero-order chi connectivity index (χ0) is 14.6. The van der Waals surface area contributed by atoms with Gasteiger partial charge in [-0.25, -0.2) is 13.1 Å². The number of nitrogens with one attached hydrogen (secondary N) is 1. The first-order chi connectivity index (χ1) is 9.56. The van der Waals surface area contributed by atoms with E-state index in [0.717, 1.165) is 29.3 Å². The third-order valence-corrected chi connectivity index (χ3v) is 5.15. The number of aryl methyl sites for hydroxylation is 1. The Kier molecular flexibility index (Phi) is 5.12. The number of hydrogen-bond donors (Lipinski definition) is 1. The highest BCUT2D eigenvalue weighted by atomic mass is 79.9. The SMILES string of the molecule is Cc1ccc(S(=O)(=O)NCCCCBr)c2cccnc12. The van der Waals surface area contributed by atoms with Crippen molar-refractivity contribution in [3.63, 3.8) is 0 Å². The fourth-order valence-corrected chi connectivity index (χ4v) is 3.69. The van der Waals surface area contributed by atoms with Gasteiger partial charge in [0.15, 0.2) is 0 Å². The van der Waals surface area contributed by atoms with Gasteiger partial charge in [-0.05, 0) is 43.5 Å². The van der Waals surface area contributed by atoms with E-state index in [4.69, 9.17) is 0 Å². The van der Waals surface area contributed by atoms with Crippen LogP contribution in [0.15, 0.2) is 35.4 Å². The number of unbranched alkanes of at least 4 members (excludes halogenated alkanes) is 1. The van der Waals surface area contributed by atoms with Gasteiger partial charge in [0.2, 0.25) is 10.0 Å². The van der Waals surface area contributed by atoms with Crippen molar-refractivity contribution in [3.8, 4) is 0 Å². The van der Waals surface area contributed by atoms with E-state index >= 15 is 0 Å². The molecule has 1 aromatic carbocycles. The number of hydrogen-bond acceptors (Lipinski definition) is 3. The molecular formula is C14H17BrN2O2S. The van der Waals surface area contributed by atoms with E-state index in [1.54, 1.807) is 30.5 Å². The maximum atomic E-state index is 12.4. The highest BCUT2D eigenvalue weighted by Crippen LogP contribution is 2.23. The molecule has 0 fully saturated rings. The number of aromatic nitrogens is 1. The maximum absolute atomic E-state index is 12.4. The maximum Gasteiger partial charge on any atom is 0.241 e. The summed E-state index contributed by atoms with van der Waals surface area (Å²) in [5.74, 6) is 0. The van der Waals surface area contributed by atoms with Gasteiger partial charge < -0.3 is 0 Å². The summed E-state index contributed by atoms with van der Waals surface area (Å²) in [5.41, 5.74) is 1.70. The summed E-state index contributed by atoms with van der Waals surface area (Å²) >= 11 is 3.33. The molecule has 0 saturated carbocycles. The minimum absolute atomic E-state index is 0.296. The molecule has 0 aliphatic carbocycles. The van der Waals surface area contributed by atoms with E-state index in [0.29, 0.717) is 16.8 Å². The van der Waals surface area contributed by atoms with E-state index in [2.05, 4.69) is 25.6 Å². The Balaban J connectivity index is 2.35. The zero-order valence-electron chi connectivity index (χ0n) is 11.3. The molecular weight excluding hydrogens is 340 g/mol. The molecule has 20 heavy (non-hydrogen) atoms. The number of sulfonamides is 1. The lowest BCUT2D eigenvalue weighted by molar-refractivity contribution is 0.579. The van der Waals surface area contributed by atoms with Crippen molar-refractivity contribution >= 4 is 36.9 Å². The zero-order valence-corrected chi connectivity index (χ0v) is 13.7. The molecule has 1 N–H and O–H groups in total. The molecule has 2 rings (SSSR count). The minimum atomic E-state index is -3.49. The van der Waals surface area contributed by atoms with Gasteiger partial charge in [-0.2, -0.15) is 0 Å². The number of halogens is 1. The van der Waals surface area contributed by atoms with Crippen molar-refractivity contribution in [1.82, 2.24) is 9.71 Å². The van der Waals surface area contributed by atoms with E-state index in [9.17, 15) is 8.42 Å². The summed E-state index contributed by atoms with van der Waals surface area (Å²) in [6.07, 6.45) is 3.43. The molecule has 108 valence electrons. The quantitative estimate of drug-likeness (QED) is 0.639. The molecule has 0 atom stereocenters. The van der Waals surface area contributed by atoms with Gasteiger partial charge in [-0.3, -0.25) is 4.98 Å². The number of alkyl halides is 1. The summed E-state index contributed by atoms with van der Waals surface area (Å²) < 4.78 is 27.4. The first-order valence-corrected chi connectivity index (χ1v) is 9.06. The van der Waals surface area contributed by atoms with Crippen LogP contribution in [0.1, 0.15) is 18.4 Å². The van der Waals surface area contributed by atoms with E-state index in [1.807, 2.05) is 6.92 Å². The normalized spacial score (nSPS) is 11.9. The van der Waals surface area contributed by atoms with Crippen LogP contribution in [0, 0.1) is 6.92 Å². The van der Waals surface area contributed by atoms with Gasteiger partial charge in [-0.15, -0.1) is 0 Å². The molecule has 0 unspecified atom stereocenters. The van der Waals surface area contributed by atoms with E-state index in [-0.39, 0.29) is 0 Å². The van der Waals surface area contributed by atoms with Crippen molar-refractivity contribution in [3.05, 3.63) is 36.0 Å². The molecule has 0 aliphatic heterocycles. The lowest BCUT2D eigenvalue weighted by Gasteiger charge is -2.10. The van der Waals surface area contributed by atoms with Crippen LogP contribution in [0.3, 0.4) is 0 Å². The molecule has 0 radical (unpaired) electrons. The first kappa shape index (κ1) is 15.4. The fraction of sp³-hybridized carbons (Fsp3) is 0.357. The molecule has 4 nitrogen and oxygen atoms in total. The van der Waals surface area contributed by atoms with Crippen LogP contribution >= 0.6 is 15.9 Å². The molecule has 0 aliphatic rings. The highest BCUT2D eigenvalue weighted by Gasteiger charge is 2.17. The van der Waals surface area contributed by atoms with Crippen molar-refractivity contribution < 1.29 is 8.42 Å². The molecule has 1 aromatic heterocycles. The smallest absolute Gasteiger partial charge is 0.241 e. The number of nitrogens with zero attached hydrogens (tertiary/aromatic N) is 1. The Morgan fingerprint density at radius 2 is 2.05 bits per heavy atom. The summed E-state index contributed by atoms with van der Waals surface area (Å²) in [7, 11) is -3.49. The molecule has 0 saturated heterocycles. The summed E-state index contributed by atoms with van der Waals surface area (Å²) in [6.45, 7) is 2.37. The lowest BCUT2D eigenvalue weighted by atomic mass is 10.1. The number of pyridine rings is 1. The highest BCUT2D eigenvalue weighted by molar-refractivity contribution is 9.09. The van der Waals surface area contributed by atoms with Gasteiger partial charge in [0.1, 0.15) is 0 Å². The van der Waals surface area contributed by atoms with Crippen LogP contribution in [0.4, 0.5) is 0 Å². The van der Waals surface area contributed by atoms with Gasteiger partial charge in [0.25, 0.3) is 0 Å². The molecule has 0 spiro atoms. The molecule has 1 heterocycles. The number of rotatable bonds is 6. The first-order valence-electron chi connectivity index (χ1n) is 6.46. The van der Waals surface area contributed by atoms with Crippen LogP contribution < -0.4 is 4.72 Å². The summed E-state index contributed by atoms with van der Waals surface area (Å²) in [4.78, 5) is 4.56. The second-order valence-electron chi connectivity index (χ2n) is 4.57. The topological polar surface area (TPSA) is 59.1 Å². The van der Waals surface area contributed by atoms with Crippen LogP contribution in [0.5, 0.6) is 0 Å². The number of fused-ring (bicyclic) bond motifs is 1. The minimum Gasteiger partial charge on any atom is -0.256 e. The predicted molar refractivity (Wildman–Crippen MR) is 84.7 cm³/mol. The third kappa shape index (κ3) is 3.37. The largest absolute Gasteiger partial charge is 0.256 e. The third-order valence-electron chi connectivity index (χ3n) is 3.07. The van der Waals surface area contributed by atoms with Crippen LogP contribution in [-0.4, -0.2) is 25.3 Å². The number of benzene rings is 1. The van der Waals surface area contributed by atoms with Gasteiger partial charge in [0.05, 0.1) is 10.4 Å². The Bertz CT molecular complexity index is 701. The van der Waals surface area contributed by atoms with Gasteiger partial charge >= 0.3 is 0 Å².